The third-order valence-electron chi connectivity index (χ3n) is 2.72. The zero-order valence-corrected chi connectivity index (χ0v) is 10.4. The van der Waals surface area contributed by atoms with Crippen molar-refractivity contribution in [3.05, 3.63) is 6.92 Å². The fourth-order valence-electron chi connectivity index (χ4n) is 0.677. The largest absolute Gasteiger partial charge is 0.414 e. The molecule has 0 saturated carbocycles. The van der Waals surface area contributed by atoms with Gasteiger partial charge in [0, 0.05) is 6.10 Å². The molecule has 0 aliphatic rings. The third-order valence-corrected chi connectivity index (χ3v) is 7.26. The van der Waals surface area contributed by atoms with Gasteiger partial charge in [-0.25, -0.2) is 0 Å². The lowest BCUT2D eigenvalue weighted by molar-refractivity contribution is 0.218. The summed E-state index contributed by atoms with van der Waals surface area (Å²) in [5.41, 5.74) is 0. The Bertz CT molecular complexity index is 135. The molecule has 0 spiro atoms. The lowest BCUT2D eigenvalue weighted by atomic mass is 10.2. The van der Waals surface area contributed by atoms with Gasteiger partial charge in [-0.1, -0.05) is 27.7 Å². The Morgan fingerprint density at radius 2 is 1.75 bits per heavy atom. The molecule has 2 heteroatoms. The smallest absolute Gasteiger partial charge is 0.192 e. The highest BCUT2D eigenvalue weighted by Gasteiger charge is 2.37. The average molecular weight is 187 g/mol. The SMILES string of the molecule is [CH2][C@H](CC)O[Si](C)(C)C(C)(C)C. The molecule has 0 fully saturated rings. The first-order chi connectivity index (χ1) is 5.20. The Hall–Kier alpha value is 0.177. The van der Waals surface area contributed by atoms with Crippen molar-refractivity contribution in [2.75, 3.05) is 0 Å². The summed E-state index contributed by atoms with van der Waals surface area (Å²) in [6.07, 6.45) is 1.18. The standard InChI is InChI=1S/C10H23OSi/c1-8-9(2)11-12(6,7)10(3,4)5/h9H,2,8H2,1,3-7H3/t9-/m1/s1. The van der Waals surface area contributed by atoms with Gasteiger partial charge in [0.25, 0.3) is 0 Å². The maximum Gasteiger partial charge on any atom is 0.192 e. The first kappa shape index (κ1) is 12.2. The van der Waals surface area contributed by atoms with E-state index < -0.39 is 8.32 Å². The van der Waals surface area contributed by atoms with Crippen LogP contribution in [-0.2, 0) is 4.43 Å². The number of hydrogen-bond donors (Lipinski definition) is 0. The molecule has 12 heavy (non-hydrogen) atoms. The normalized spacial score (nSPS) is 16.2. The van der Waals surface area contributed by atoms with Crippen LogP contribution in [0.5, 0.6) is 0 Å². The van der Waals surface area contributed by atoms with Gasteiger partial charge >= 0.3 is 0 Å². The van der Waals surface area contributed by atoms with E-state index in [-0.39, 0.29) is 6.10 Å². The molecule has 0 unspecified atom stereocenters. The van der Waals surface area contributed by atoms with Gasteiger partial charge in [0.2, 0.25) is 0 Å². The van der Waals surface area contributed by atoms with Crippen molar-refractivity contribution in [1.29, 1.82) is 0 Å². The summed E-state index contributed by atoms with van der Waals surface area (Å²) >= 11 is 0. The molecule has 0 N–H and O–H groups in total. The summed E-state index contributed by atoms with van der Waals surface area (Å²) in [4.78, 5) is 0. The molecule has 1 radical (unpaired) electrons. The molecule has 1 atom stereocenters. The van der Waals surface area contributed by atoms with Gasteiger partial charge in [-0.05, 0) is 31.5 Å². The predicted octanol–water partition coefficient (Wildman–Crippen LogP) is 3.62. The summed E-state index contributed by atoms with van der Waals surface area (Å²) in [6.45, 7) is 17.4. The molecule has 0 aliphatic heterocycles. The van der Waals surface area contributed by atoms with Crippen molar-refractivity contribution in [3.63, 3.8) is 0 Å². The van der Waals surface area contributed by atoms with Crippen molar-refractivity contribution in [1.82, 2.24) is 0 Å². The second kappa shape index (κ2) is 3.92. The van der Waals surface area contributed by atoms with Crippen LogP contribution in [0.25, 0.3) is 0 Å². The summed E-state index contributed by atoms with van der Waals surface area (Å²) < 4.78 is 5.98. The van der Waals surface area contributed by atoms with E-state index in [1.165, 1.54) is 0 Å². The van der Waals surface area contributed by atoms with Gasteiger partial charge in [-0.2, -0.15) is 0 Å². The van der Waals surface area contributed by atoms with E-state index in [2.05, 4.69) is 47.7 Å². The van der Waals surface area contributed by atoms with Crippen LogP contribution in [0.2, 0.25) is 18.1 Å². The van der Waals surface area contributed by atoms with E-state index in [1.54, 1.807) is 0 Å². The third kappa shape index (κ3) is 3.28. The van der Waals surface area contributed by atoms with Gasteiger partial charge in [-0.15, -0.1) is 0 Å². The zero-order chi connectivity index (χ0) is 9.99. The van der Waals surface area contributed by atoms with Crippen LogP contribution in [0.1, 0.15) is 34.1 Å². The van der Waals surface area contributed by atoms with Crippen LogP contribution < -0.4 is 0 Å². The molecule has 0 bridgehead atoms. The quantitative estimate of drug-likeness (QED) is 0.613. The van der Waals surface area contributed by atoms with Crippen molar-refractivity contribution in [2.24, 2.45) is 0 Å². The molecule has 0 aromatic carbocycles. The Kier molecular flexibility index (Phi) is 3.98. The van der Waals surface area contributed by atoms with E-state index in [4.69, 9.17) is 4.43 Å². The first-order valence-corrected chi connectivity index (χ1v) is 7.62. The highest BCUT2D eigenvalue weighted by atomic mass is 28.4. The van der Waals surface area contributed by atoms with E-state index >= 15 is 0 Å². The molecular formula is C10H23OSi. The fourth-order valence-corrected chi connectivity index (χ4v) is 2.03. The van der Waals surface area contributed by atoms with Crippen LogP contribution in [0.3, 0.4) is 0 Å². The Labute approximate surface area is 78.6 Å². The lowest BCUT2D eigenvalue weighted by Gasteiger charge is -2.38. The molecule has 0 aromatic rings. The minimum absolute atomic E-state index is 0.172. The van der Waals surface area contributed by atoms with E-state index in [9.17, 15) is 0 Å². The van der Waals surface area contributed by atoms with E-state index in [0.717, 1.165) is 6.42 Å². The second-order valence-corrected chi connectivity index (χ2v) is 9.66. The lowest BCUT2D eigenvalue weighted by Crippen LogP contribution is -2.43. The predicted molar refractivity (Wildman–Crippen MR) is 57.7 cm³/mol. The van der Waals surface area contributed by atoms with E-state index in [0.29, 0.717) is 5.04 Å². The number of rotatable bonds is 3. The van der Waals surface area contributed by atoms with Crippen LogP contribution in [-0.4, -0.2) is 14.4 Å². The Morgan fingerprint density at radius 3 is 2.00 bits per heavy atom. The fraction of sp³-hybridized carbons (Fsp3) is 0.900. The van der Waals surface area contributed by atoms with Crippen LogP contribution in [0.15, 0.2) is 0 Å². The Balaban J connectivity index is 4.22. The molecule has 0 amide bonds. The summed E-state index contributed by atoms with van der Waals surface area (Å²) in [7, 11) is -1.55. The zero-order valence-electron chi connectivity index (χ0n) is 9.40. The van der Waals surface area contributed by atoms with Crippen molar-refractivity contribution in [3.8, 4) is 0 Å². The number of hydrogen-bond acceptors (Lipinski definition) is 1. The van der Waals surface area contributed by atoms with Crippen molar-refractivity contribution in [2.45, 2.75) is 58.4 Å². The minimum atomic E-state index is -1.55. The van der Waals surface area contributed by atoms with Crippen LogP contribution in [0.4, 0.5) is 0 Å². The molecule has 0 rings (SSSR count). The van der Waals surface area contributed by atoms with Gasteiger partial charge in [-0.3, -0.25) is 0 Å². The summed E-state index contributed by atoms with van der Waals surface area (Å²) in [6, 6.07) is 0. The van der Waals surface area contributed by atoms with Gasteiger partial charge in [0.05, 0.1) is 0 Å². The molecule has 0 aromatic heterocycles. The molecule has 0 heterocycles. The monoisotopic (exact) mass is 187 g/mol. The van der Waals surface area contributed by atoms with E-state index in [1.807, 2.05) is 0 Å². The molecule has 73 valence electrons. The topological polar surface area (TPSA) is 9.23 Å². The summed E-state index contributed by atoms with van der Waals surface area (Å²) in [5.74, 6) is 0. The second-order valence-electron chi connectivity index (χ2n) is 4.91. The van der Waals surface area contributed by atoms with Gasteiger partial charge in [0.1, 0.15) is 0 Å². The maximum atomic E-state index is 5.98. The minimum Gasteiger partial charge on any atom is -0.414 e. The Morgan fingerprint density at radius 1 is 1.33 bits per heavy atom. The van der Waals surface area contributed by atoms with Gasteiger partial charge < -0.3 is 4.43 Å². The van der Waals surface area contributed by atoms with Gasteiger partial charge in [0.15, 0.2) is 8.32 Å². The van der Waals surface area contributed by atoms with Crippen LogP contribution in [0, 0.1) is 6.92 Å². The van der Waals surface area contributed by atoms with Crippen molar-refractivity contribution < 1.29 is 4.43 Å². The van der Waals surface area contributed by atoms with Crippen LogP contribution >= 0.6 is 0 Å². The molecule has 0 aliphatic carbocycles. The molecule has 1 nitrogen and oxygen atoms in total. The maximum absolute atomic E-state index is 5.98. The summed E-state index contributed by atoms with van der Waals surface area (Å²) in [5, 5.41) is 0.304. The van der Waals surface area contributed by atoms with Crippen molar-refractivity contribution >= 4 is 8.32 Å². The highest BCUT2D eigenvalue weighted by molar-refractivity contribution is 6.74. The highest BCUT2D eigenvalue weighted by Crippen LogP contribution is 2.37. The average Bonchev–Trinajstić information content (AvgIpc) is 1.84. The first-order valence-electron chi connectivity index (χ1n) is 4.71. The molecule has 0 saturated heterocycles. The molecular weight excluding hydrogens is 164 g/mol.